The van der Waals surface area contributed by atoms with Crippen LogP contribution < -0.4 is 9.99 Å². The first-order valence-electron chi connectivity index (χ1n) is 7.76. The van der Waals surface area contributed by atoms with Crippen LogP contribution in [0.25, 0.3) is 5.69 Å². The molecule has 1 unspecified atom stereocenters. The summed E-state index contributed by atoms with van der Waals surface area (Å²) in [6, 6.07) is 1.52. The van der Waals surface area contributed by atoms with Crippen molar-refractivity contribution in [2.24, 2.45) is 0 Å². The van der Waals surface area contributed by atoms with Gasteiger partial charge in [-0.25, -0.2) is 30.9 Å². The van der Waals surface area contributed by atoms with Gasteiger partial charge in [-0.15, -0.1) is 11.6 Å². The third-order valence-corrected chi connectivity index (χ3v) is 6.61. The van der Waals surface area contributed by atoms with Crippen LogP contribution in [0.2, 0.25) is 5.02 Å². The van der Waals surface area contributed by atoms with Gasteiger partial charge in [-0.05, 0) is 12.1 Å². The Morgan fingerprint density at radius 3 is 2.61 bits per heavy atom. The topological polar surface area (TPSA) is 102 Å². The summed E-state index contributed by atoms with van der Waals surface area (Å²) in [6.45, 7) is 0.623. The van der Waals surface area contributed by atoms with Crippen LogP contribution in [0.5, 0.6) is 5.88 Å². The molecule has 8 nitrogen and oxygen atoms in total. The molecule has 1 aliphatic rings. The number of anilines is 1. The molecule has 13 heteroatoms. The van der Waals surface area contributed by atoms with Gasteiger partial charge in [0.15, 0.2) is 0 Å². The Bertz CT molecular complexity index is 1150. The summed E-state index contributed by atoms with van der Waals surface area (Å²) in [4.78, 5) is 24.4. The summed E-state index contributed by atoms with van der Waals surface area (Å²) < 4.78 is 54.2. The van der Waals surface area contributed by atoms with Gasteiger partial charge in [-0.1, -0.05) is 11.6 Å². The molecule has 1 atom stereocenters. The van der Waals surface area contributed by atoms with E-state index in [1.54, 1.807) is 0 Å². The number of carbonyl (C=O) groups is 1. The molecule has 2 heterocycles. The van der Waals surface area contributed by atoms with E-state index in [4.69, 9.17) is 23.2 Å². The van der Waals surface area contributed by atoms with Gasteiger partial charge in [0.25, 0.3) is 10.0 Å². The minimum Gasteiger partial charge on any atom is -0.493 e. The van der Waals surface area contributed by atoms with Crippen LogP contribution in [0.3, 0.4) is 0 Å². The molecule has 152 valence electrons. The Morgan fingerprint density at radius 1 is 1.43 bits per heavy atom. The van der Waals surface area contributed by atoms with Crippen molar-refractivity contribution in [1.29, 1.82) is 0 Å². The van der Waals surface area contributed by atoms with E-state index in [1.807, 2.05) is 0 Å². The third-order valence-electron chi connectivity index (χ3n) is 4.19. The molecule has 0 aliphatic carbocycles. The van der Waals surface area contributed by atoms with E-state index < -0.39 is 61.1 Å². The molecule has 2 aromatic rings. The van der Waals surface area contributed by atoms with E-state index in [0.29, 0.717) is 10.6 Å². The smallest absolute Gasteiger partial charge is 0.336 e. The van der Waals surface area contributed by atoms with E-state index >= 15 is 0 Å². The number of fused-ring (bicyclic) bond motifs is 1. The maximum absolute atomic E-state index is 14.5. The summed E-state index contributed by atoms with van der Waals surface area (Å²) in [7, 11) is -4.33. The molecule has 0 spiro atoms. The van der Waals surface area contributed by atoms with Crippen molar-refractivity contribution in [1.82, 2.24) is 9.13 Å². The lowest BCUT2D eigenvalue weighted by molar-refractivity contribution is -0.115. The van der Waals surface area contributed by atoms with E-state index in [0.717, 1.165) is 17.6 Å². The number of aromatic nitrogens is 2. The van der Waals surface area contributed by atoms with Gasteiger partial charge in [0.05, 0.1) is 28.6 Å². The lowest BCUT2D eigenvalue weighted by Crippen LogP contribution is -2.36. The van der Waals surface area contributed by atoms with Crippen LogP contribution in [0, 0.1) is 5.82 Å². The zero-order valence-electron chi connectivity index (χ0n) is 14.2. The Labute approximate surface area is 167 Å². The van der Waals surface area contributed by atoms with Crippen molar-refractivity contribution in [2.75, 3.05) is 9.52 Å². The first kappa shape index (κ1) is 20.6. The molecular weight excluding hydrogens is 443 g/mol. The van der Waals surface area contributed by atoms with E-state index in [2.05, 4.69) is 0 Å². The summed E-state index contributed by atoms with van der Waals surface area (Å²) in [5, 5.41) is 8.90. The molecule has 1 amide bonds. The number of hydrogen-bond donors (Lipinski definition) is 1. The second kappa shape index (κ2) is 7.05. The number of amides is 1. The number of halogens is 4. The lowest BCUT2D eigenvalue weighted by Gasteiger charge is -2.22. The molecule has 0 bridgehead atoms. The van der Waals surface area contributed by atoms with E-state index in [1.165, 1.54) is 0 Å². The number of benzene rings is 1. The van der Waals surface area contributed by atoms with Gasteiger partial charge in [-0.2, -0.15) is 0 Å². The van der Waals surface area contributed by atoms with Crippen molar-refractivity contribution in [3.05, 3.63) is 39.2 Å². The van der Waals surface area contributed by atoms with Crippen molar-refractivity contribution in [2.45, 2.75) is 26.1 Å². The highest BCUT2D eigenvalue weighted by Gasteiger charge is 2.33. The SMILES string of the molecule is CC(=O)N(c1cc(-n2c(O)c3n(c2=O)CC(F)C3)c(F)cc1Cl)S(=O)(=O)CCl. The number of carbonyl (C=O) groups excluding carboxylic acids is 1. The molecule has 1 aromatic carbocycles. The second-order valence-corrected chi connectivity index (χ2v) is 8.87. The lowest BCUT2D eigenvalue weighted by atomic mass is 10.2. The average Bonchev–Trinajstić information content (AvgIpc) is 3.08. The number of rotatable bonds is 4. The second-order valence-electron chi connectivity index (χ2n) is 6.06. The minimum absolute atomic E-state index is 0.0230. The highest BCUT2D eigenvalue weighted by Crippen LogP contribution is 2.35. The maximum atomic E-state index is 14.5. The fourth-order valence-electron chi connectivity index (χ4n) is 3.07. The Balaban J connectivity index is 2.27. The van der Waals surface area contributed by atoms with Gasteiger partial charge in [0.1, 0.15) is 17.2 Å². The van der Waals surface area contributed by atoms with Gasteiger partial charge >= 0.3 is 5.69 Å². The predicted molar refractivity (Wildman–Crippen MR) is 98.1 cm³/mol. The number of sulfonamides is 1. The molecule has 0 radical (unpaired) electrons. The normalized spacial score (nSPS) is 16.2. The Kier molecular flexibility index (Phi) is 5.19. The van der Waals surface area contributed by atoms with Gasteiger partial charge in [0, 0.05) is 13.3 Å². The van der Waals surface area contributed by atoms with Crippen LogP contribution in [0.4, 0.5) is 14.5 Å². The van der Waals surface area contributed by atoms with Crippen LogP contribution >= 0.6 is 23.2 Å². The summed E-state index contributed by atoms with van der Waals surface area (Å²) in [6.07, 6.45) is -1.60. The first-order valence-corrected chi connectivity index (χ1v) is 10.3. The third kappa shape index (κ3) is 3.16. The van der Waals surface area contributed by atoms with Crippen LogP contribution in [-0.4, -0.2) is 39.9 Å². The van der Waals surface area contributed by atoms with Crippen LogP contribution in [0.15, 0.2) is 16.9 Å². The van der Waals surface area contributed by atoms with Gasteiger partial charge in [-0.3, -0.25) is 9.36 Å². The predicted octanol–water partition coefficient (Wildman–Crippen LogP) is 1.91. The maximum Gasteiger partial charge on any atom is 0.336 e. The Hall–Kier alpha value is -2.11. The highest BCUT2D eigenvalue weighted by atomic mass is 35.5. The van der Waals surface area contributed by atoms with Crippen molar-refractivity contribution in [3.63, 3.8) is 0 Å². The fraction of sp³-hybridized carbons (Fsp3) is 0.333. The van der Waals surface area contributed by atoms with Crippen LogP contribution in [0.1, 0.15) is 12.6 Å². The number of imidazole rings is 1. The molecule has 1 aromatic heterocycles. The minimum atomic E-state index is -4.33. The number of aromatic hydroxyl groups is 1. The Morgan fingerprint density at radius 2 is 2.07 bits per heavy atom. The molecular formula is C15H13Cl2F2N3O5S. The molecule has 28 heavy (non-hydrogen) atoms. The number of alkyl halides is 2. The van der Waals surface area contributed by atoms with E-state index in [-0.39, 0.29) is 23.0 Å². The molecule has 1 N–H and O–H groups in total. The monoisotopic (exact) mass is 455 g/mol. The summed E-state index contributed by atoms with van der Waals surface area (Å²) >= 11 is 11.3. The van der Waals surface area contributed by atoms with Gasteiger partial charge in [0.2, 0.25) is 11.8 Å². The molecule has 0 saturated carbocycles. The largest absolute Gasteiger partial charge is 0.493 e. The van der Waals surface area contributed by atoms with E-state index in [9.17, 15) is 31.9 Å². The summed E-state index contributed by atoms with van der Waals surface area (Å²) in [5.74, 6) is -2.73. The summed E-state index contributed by atoms with van der Waals surface area (Å²) in [5.41, 5.74) is -1.96. The van der Waals surface area contributed by atoms with Crippen molar-refractivity contribution in [3.8, 4) is 11.6 Å². The molecule has 3 rings (SSSR count). The zero-order valence-corrected chi connectivity index (χ0v) is 16.5. The standard InChI is InChI=1S/C15H13Cl2F2N3O5S/c1-7(23)22(28(26,27)6-16)11-4-12(10(19)3-9(11)17)21-14(24)13-2-8(18)5-20(13)15(21)25/h3-4,8,24H,2,5-6H2,1H3. The quantitative estimate of drug-likeness (QED) is 0.709. The highest BCUT2D eigenvalue weighted by molar-refractivity contribution is 7.94. The van der Waals surface area contributed by atoms with Crippen molar-refractivity contribution >= 4 is 44.8 Å². The van der Waals surface area contributed by atoms with Crippen molar-refractivity contribution < 1.29 is 27.1 Å². The molecule has 1 aliphatic heterocycles. The molecule has 0 saturated heterocycles. The van der Waals surface area contributed by atoms with Gasteiger partial charge < -0.3 is 5.11 Å². The first-order chi connectivity index (χ1) is 13.0. The number of nitrogens with zero attached hydrogens (tertiary/aromatic N) is 3. The fourth-order valence-corrected chi connectivity index (χ4v) is 4.59. The number of hydrogen-bond acceptors (Lipinski definition) is 5. The average molecular weight is 456 g/mol. The molecule has 0 fully saturated rings. The van der Waals surface area contributed by atoms with Crippen LogP contribution in [-0.2, 0) is 27.8 Å². The zero-order chi connectivity index (χ0) is 21.0.